The van der Waals surface area contributed by atoms with Crippen LogP contribution in [0.15, 0.2) is 12.2 Å². The normalized spacial score (nSPS) is 31.9. The van der Waals surface area contributed by atoms with Crippen LogP contribution >= 0.6 is 23.2 Å². The molecule has 4 saturated carbocycles. The molecule has 0 aromatic heterocycles. The molecule has 3 unspecified atom stereocenters. The second kappa shape index (κ2) is 37.9. The maximum Gasteiger partial charge on any atom is 0.391 e. The number of hydrogen-bond donors (Lipinski definition) is 3. The van der Waals surface area contributed by atoms with E-state index in [0.29, 0.717) is 44.9 Å². The van der Waals surface area contributed by atoms with Gasteiger partial charge in [0.05, 0.1) is 43.5 Å². The number of hydrogen-bond acceptors (Lipinski definition) is 14. The predicted molar refractivity (Wildman–Crippen MR) is 392 cm³/mol. The molecule has 0 radical (unpaired) electrons. The van der Waals surface area contributed by atoms with Crippen LogP contribution < -0.4 is 16.0 Å². The predicted octanol–water partition coefficient (Wildman–Crippen LogP) is 5.73. The van der Waals surface area contributed by atoms with Gasteiger partial charge in [0.2, 0.25) is 70.9 Å². The summed E-state index contributed by atoms with van der Waals surface area (Å²) in [6, 6.07) is -10.7. The van der Waals surface area contributed by atoms with Gasteiger partial charge in [-0.1, -0.05) is 59.1 Å². The second-order valence-corrected chi connectivity index (χ2v) is 33.2. The number of nitrogens with one attached hydrogen (secondary N) is 3. The van der Waals surface area contributed by atoms with Gasteiger partial charge in [0, 0.05) is 94.5 Å². The standard InChI is InChI=1S/C75H119Cl2F3N12O14/c1-15-45(4)62-70(102)86(9)41-61(95)87(10)54-25-19-18-22-34-91(69(54)101)57(36-47-26-30-49(31-27-47)75(78,79)80)68(100)85(8)40-59(93)81-53(33-29-46-28-32-51(76)52(77)35-46)66(98)92-39-50(106-17-3)37-55(92)65(97)83-74(43-73(5,6)44-74)72(104)90(13)63(48-23-20-21-24-48)71(103)89(12)56(67(99)84(7)16-2)38-60(94)88(11)58(42-105-14)64(96)82-62/h18-19,45-58,62-63H,15-17,20-44H2,1-14H3,(H,81,93)(H,82,96)(H,83,97)/b19-18-/t45-,46?,47?,49?,50+,51?,52?,53-,54-,55-,56-,57-,58-,62-,63-/m0/s1. The Morgan fingerprint density at radius 3 is 1.92 bits per heavy atom. The monoisotopic (exact) mass is 1540 g/mol. The van der Waals surface area contributed by atoms with E-state index in [1.54, 1.807) is 39.8 Å². The van der Waals surface area contributed by atoms with Gasteiger partial charge in [-0.05, 0) is 146 Å². The highest BCUT2D eigenvalue weighted by Gasteiger charge is 2.59. The van der Waals surface area contributed by atoms with Crippen LogP contribution in [-0.4, -0.2) is 294 Å². The molecule has 2 saturated heterocycles. The molecule has 106 heavy (non-hydrogen) atoms. The molecule has 2 bridgehead atoms. The van der Waals surface area contributed by atoms with E-state index in [2.05, 4.69) is 16.0 Å². The average molecular weight is 1540 g/mol. The first kappa shape index (κ1) is 86.9. The van der Waals surface area contributed by atoms with Crippen molar-refractivity contribution in [3.63, 3.8) is 0 Å². The molecule has 0 aromatic rings. The summed E-state index contributed by atoms with van der Waals surface area (Å²) >= 11 is 13.3. The van der Waals surface area contributed by atoms with Crippen molar-refractivity contribution < 1.29 is 80.2 Å². The van der Waals surface area contributed by atoms with Crippen molar-refractivity contribution in [2.75, 3.05) is 102 Å². The largest absolute Gasteiger partial charge is 0.391 e. The number of fused-ring (bicyclic) bond motifs is 3. The van der Waals surface area contributed by atoms with Gasteiger partial charge in [-0.2, -0.15) is 13.2 Å². The van der Waals surface area contributed by atoms with Crippen LogP contribution in [0.1, 0.15) is 176 Å². The fraction of sp³-hybridized carbons (Fsp3) is 0.813. The van der Waals surface area contributed by atoms with Gasteiger partial charge in [0.25, 0.3) is 0 Å². The van der Waals surface area contributed by atoms with E-state index >= 15 is 28.8 Å². The Bertz CT molecular complexity index is 3170. The van der Waals surface area contributed by atoms with E-state index in [1.165, 1.54) is 80.9 Å². The molecular weight excluding hydrogens is 1420 g/mol. The van der Waals surface area contributed by atoms with Gasteiger partial charge in [-0.3, -0.25) is 57.5 Å². The van der Waals surface area contributed by atoms with Crippen molar-refractivity contribution >= 4 is 94.1 Å². The summed E-state index contributed by atoms with van der Waals surface area (Å²) in [6.45, 7) is 9.40. The first-order valence-electron chi connectivity index (χ1n) is 38.3. The minimum Gasteiger partial charge on any atom is -0.382 e. The molecule has 6 fully saturated rings. The van der Waals surface area contributed by atoms with Crippen molar-refractivity contribution in [2.45, 2.75) is 253 Å². The zero-order valence-electron chi connectivity index (χ0n) is 64.8. The molecule has 3 N–H and O–H groups in total. The van der Waals surface area contributed by atoms with Gasteiger partial charge in [-0.15, -0.1) is 23.2 Å². The van der Waals surface area contributed by atoms with Crippen LogP contribution in [-0.2, 0) is 67.0 Å². The SMILES string of the molecule is CCO[C@@H]1C[C@H]2C(=O)NC3(CC(C)(C)C3)C(=O)N(C)[C@@H](C3CCCC3)C(=O)N(C)[C@H](C(=O)N(C)CC)CC(=O)N(C)[C@@H](COC)C(=O)N[C@@H]([C@@H](C)CC)C(=O)N(C)CC(=O)N(C)[C@H]3C/C=C\CCN(C3=O)[C@@H](CC3CCC(C(F)(F)F)CC3)C(=O)N(C)CC(=O)N[C@@H](CCC3CCC(Cl)C(Cl)C3)C(=O)N2C1. The summed E-state index contributed by atoms with van der Waals surface area (Å²) in [4.78, 5) is 193. The first-order valence-corrected chi connectivity index (χ1v) is 39.1. The lowest BCUT2D eigenvalue weighted by atomic mass is 9.58. The van der Waals surface area contributed by atoms with Crippen molar-refractivity contribution in [3.8, 4) is 0 Å². The number of nitrogens with zero attached hydrogens (tertiary/aromatic N) is 9. The quantitative estimate of drug-likeness (QED) is 0.138. The number of ether oxygens (including phenoxy) is 2. The maximum atomic E-state index is 15.8. The maximum absolute atomic E-state index is 15.8. The third-order valence-corrected chi connectivity index (χ3v) is 25.0. The van der Waals surface area contributed by atoms with Crippen LogP contribution in [0.3, 0.4) is 0 Å². The third-order valence-electron chi connectivity index (χ3n) is 23.8. The van der Waals surface area contributed by atoms with E-state index in [9.17, 15) is 41.9 Å². The Morgan fingerprint density at radius 2 is 1.33 bits per heavy atom. The van der Waals surface area contributed by atoms with E-state index in [0.717, 1.165) is 32.4 Å². The molecule has 31 heteroatoms. The molecule has 4 aliphatic carbocycles. The lowest BCUT2D eigenvalue weighted by molar-refractivity contribution is -0.184. The lowest BCUT2D eigenvalue weighted by Gasteiger charge is -2.54. The Kier molecular flexibility index (Phi) is 31.0. The summed E-state index contributed by atoms with van der Waals surface area (Å²) in [6.07, 6.45) is 2.84. The van der Waals surface area contributed by atoms with Crippen LogP contribution in [0.4, 0.5) is 13.2 Å². The molecule has 3 heterocycles. The van der Waals surface area contributed by atoms with E-state index in [4.69, 9.17) is 32.7 Å². The summed E-state index contributed by atoms with van der Waals surface area (Å²) in [7, 11) is 11.1. The highest BCUT2D eigenvalue weighted by molar-refractivity contribution is 6.30. The zero-order valence-corrected chi connectivity index (χ0v) is 66.3. The molecule has 1 spiro atoms. The number of carbonyl (C=O) groups is 12. The average Bonchev–Trinajstić information content (AvgIpc) is 0.970. The topological polar surface area (TPSA) is 289 Å². The van der Waals surface area contributed by atoms with Crippen molar-refractivity contribution in [1.29, 1.82) is 0 Å². The van der Waals surface area contributed by atoms with Crippen LogP contribution in [0.5, 0.6) is 0 Å². The Hall–Kier alpha value is -6.33. The van der Waals surface area contributed by atoms with Gasteiger partial charge in [-0.25, -0.2) is 0 Å². The Balaban J connectivity index is 1.33. The van der Waals surface area contributed by atoms with Crippen molar-refractivity contribution in [2.24, 2.45) is 35.0 Å². The smallest absolute Gasteiger partial charge is 0.382 e. The van der Waals surface area contributed by atoms with Gasteiger partial charge in [0.15, 0.2) is 0 Å². The van der Waals surface area contributed by atoms with Gasteiger partial charge >= 0.3 is 6.18 Å². The van der Waals surface area contributed by atoms with E-state index < -0.39 is 192 Å². The van der Waals surface area contributed by atoms with Crippen LogP contribution in [0.25, 0.3) is 0 Å². The zero-order chi connectivity index (χ0) is 78.6. The number of likely N-dealkylation sites (N-methyl/N-ethyl adjacent to an activating group) is 7. The fourth-order valence-electron chi connectivity index (χ4n) is 17.2. The third kappa shape index (κ3) is 21.2. The number of halogens is 5. The Labute approximate surface area is 634 Å². The summed E-state index contributed by atoms with van der Waals surface area (Å²) < 4.78 is 54.1. The highest BCUT2D eigenvalue weighted by Crippen LogP contribution is 2.50. The van der Waals surface area contributed by atoms with E-state index in [1.807, 2.05) is 13.8 Å². The molecule has 7 aliphatic rings. The van der Waals surface area contributed by atoms with Crippen molar-refractivity contribution in [3.05, 3.63) is 12.2 Å². The first-order chi connectivity index (χ1) is 49.8. The van der Waals surface area contributed by atoms with Crippen molar-refractivity contribution in [1.82, 2.24) is 60.0 Å². The number of carbonyl (C=O) groups excluding carboxylic acids is 12. The molecule has 598 valence electrons. The molecule has 26 nitrogen and oxygen atoms in total. The number of rotatable bonds is 14. The molecular formula is C75H119Cl2F3N12O14. The molecule has 13 atom stereocenters. The molecule has 7 rings (SSSR count). The highest BCUT2D eigenvalue weighted by atomic mass is 35.5. The summed E-state index contributed by atoms with van der Waals surface area (Å²) in [5.74, 6) is -11.5. The van der Waals surface area contributed by atoms with Crippen LogP contribution in [0.2, 0.25) is 0 Å². The van der Waals surface area contributed by atoms with E-state index in [-0.39, 0.29) is 114 Å². The van der Waals surface area contributed by atoms with Gasteiger partial charge in [0.1, 0.15) is 53.9 Å². The second-order valence-electron chi connectivity index (χ2n) is 32.0. The minimum atomic E-state index is -4.45. The summed E-state index contributed by atoms with van der Waals surface area (Å²) in [5.41, 5.74) is -2.15. The molecule has 3 aliphatic heterocycles. The van der Waals surface area contributed by atoms with Gasteiger partial charge < -0.3 is 69.5 Å². The molecule has 0 aromatic carbocycles. The minimum absolute atomic E-state index is 0.00868. The fourth-order valence-corrected chi connectivity index (χ4v) is 17.8. The number of amides is 12. The number of methoxy groups -OCH3 is 1. The van der Waals surface area contributed by atoms with Crippen LogP contribution in [0, 0.1) is 35.0 Å². The lowest BCUT2D eigenvalue weighted by Crippen LogP contribution is -2.71. The number of alkyl halides is 5. The molecule has 12 amide bonds. The summed E-state index contributed by atoms with van der Waals surface area (Å²) in [5, 5.41) is 8.16. The Morgan fingerprint density at radius 1 is 0.689 bits per heavy atom.